The van der Waals surface area contributed by atoms with Gasteiger partial charge < -0.3 is 20.3 Å². The fourth-order valence-corrected chi connectivity index (χ4v) is 2.51. The molecule has 0 bridgehead atoms. The lowest BCUT2D eigenvalue weighted by molar-refractivity contribution is 0.463. The Balaban J connectivity index is 1.86. The highest BCUT2D eigenvalue weighted by atomic mass is 16.3. The minimum Gasteiger partial charge on any atom is -0.508 e. The molecule has 0 amide bonds. The molecule has 1 aromatic heterocycles. The summed E-state index contributed by atoms with van der Waals surface area (Å²) in [6.07, 6.45) is 3.83. The number of benzene rings is 1. The number of phenols is 1. The first-order valence-electron chi connectivity index (χ1n) is 6.48. The van der Waals surface area contributed by atoms with Crippen molar-refractivity contribution in [1.82, 2.24) is 9.55 Å². The normalized spacial score (nSPS) is 16.2. The maximum absolute atomic E-state index is 10.0. The fourth-order valence-electron chi connectivity index (χ4n) is 2.51. The van der Waals surface area contributed by atoms with Crippen molar-refractivity contribution >= 4 is 5.69 Å². The van der Waals surface area contributed by atoms with Gasteiger partial charge in [0.1, 0.15) is 11.6 Å². The van der Waals surface area contributed by atoms with Crippen LogP contribution in [0.1, 0.15) is 24.4 Å². The monoisotopic (exact) mass is 258 g/mol. The third-order valence-electron chi connectivity index (χ3n) is 3.61. The van der Waals surface area contributed by atoms with Crippen molar-refractivity contribution in [3.05, 3.63) is 42.0 Å². The van der Waals surface area contributed by atoms with Crippen molar-refractivity contribution in [2.45, 2.75) is 26.1 Å². The van der Waals surface area contributed by atoms with Crippen LogP contribution in [-0.2, 0) is 13.1 Å². The molecule has 0 saturated carbocycles. The van der Waals surface area contributed by atoms with E-state index in [1.165, 1.54) is 0 Å². The molecule has 1 atom stereocenters. The van der Waals surface area contributed by atoms with Crippen molar-refractivity contribution in [1.29, 1.82) is 0 Å². The van der Waals surface area contributed by atoms with Crippen LogP contribution in [0.2, 0.25) is 0 Å². The first kappa shape index (κ1) is 12.0. The molecule has 1 unspecified atom stereocenters. The van der Waals surface area contributed by atoms with Crippen LogP contribution < -0.4 is 10.6 Å². The topological polar surface area (TPSA) is 67.3 Å². The molecule has 0 radical (unpaired) electrons. The van der Waals surface area contributed by atoms with E-state index in [9.17, 15) is 5.11 Å². The van der Waals surface area contributed by atoms with Gasteiger partial charge in [0.2, 0.25) is 0 Å². The molecule has 2 aromatic rings. The van der Waals surface area contributed by atoms with Gasteiger partial charge in [0.15, 0.2) is 0 Å². The van der Waals surface area contributed by atoms with Crippen molar-refractivity contribution in [3.8, 4) is 5.75 Å². The Kier molecular flexibility index (Phi) is 2.91. The van der Waals surface area contributed by atoms with Gasteiger partial charge in [-0.2, -0.15) is 0 Å². The van der Waals surface area contributed by atoms with Crippen LogP contribution in [0.4, 0.5) is 5.69 Å². The number of aromatic hydroxyl groups is 1. The Morgan fingerprint density at radius 3 is 2.95 bits per heavy atom. The third kappa shape index (κ3) is 2.17. The standard InChI is InChI=1S/C14H18N4O/c1-10(15)12-3-2-11(8-13(12)19)18-7-6-17-5-4-16-14(17)9-18/h2-5,8,10,19H,6-7,9,15H2,1H3. The Morgan fingerprint density at radius 2 is 2.21 bits per heavy atom. The summed E-state index contributed by atoms with van der Waals surface area (Å²) < 4.78 is 2.16. The van der Waals surface area contributed by atoms with Crippen LogP contribution >= 0.6 is 0 Å². The van der Waals surface area contributed by atoms with Gasteiger partial charge in [-0.1, -0.05) is 6.07 Å². The summed E-state index contributed by atoms with van der Waals surface area (Å²) >= 11 is 0. The first-order chi connectivity index (χ1) is 9.15. The van der Waals surface area contributed by atoms with Gasteiger partial charge in [-0.3, -0.25) is 0 Å². The molecule has 0 saturated heterocycles. The number of rotatable bonds is 2. The lowest BCUT2D eigenvalue weighted by atomic mass is 10.1. The van der Waals surface area contributed by atoms with E-state index >= 15 is 0 Å². The zero-order valence-electron chi connectivity index (χ0n) is 11.0. The summed E-state index contributed by atoms with van der Waals surface area (Å²) in [5, 5.41) is 10.0. The molecule has 19 heavy (non-hydrogen) atoms. The summed E-state index contributed by atoms with van der Waals surface area (Å²) in [5.74, 6) is 1.32. The van der Waals surface area contributed by atoms with Crippen LogP contribution in [-0.4, -0.2) is 21.2 Å². The Bertz CT molecular complexity index is 591. The molecule has 5 nitrogen and oxygen atoms in total. The van der Waals surface area contributed by atoms with E-state index in [1.54, 1.807) is 6.07 Å². The van der Waals surface area contributed by atoms with Crippen molar-refractivity contribution in [3.63, 3.8) is 0 Å². The van der Waals surface area contributed by atoms with E-state index in [0.29, 0.717) is 0 Å². The van der Waals surface area contributed by atoms with Crippen LogP contribution in [0.5, 0.6) is 5.75 Å². The number of hydrogen-bond acceptors (Lipinski definition) is 4. The number of phenolic OH excluding ortho intramolecular Hbond substituents is 1. The van der Waals surface area contributed by atoms with E-state index in [0.717, 1.165) is 36.7 Å². The zero-order chi connectivity index (χ0) is 13.4. The van der Waals surface area contributed by atoms with E-state index in [2.05, 4.69) is 14.5 Å². The molecule has 0 aliphatic carbocycles. The number of hydrogen-bond donors (Lipinski definition) is 2. The largest absolute Gasteiger partial charge is 0.508 e. The Hall–Kier alpha value is -2.01. The highest BCUT2D eigenvalue weighted by molar-refractivity contribution is 5.54. The van der Waals surface area contributed by atoms with Gasteiger partial charge in [-0.25, -0.2) is 4.98 Å². The summed E-state index contributed by atoms with van der Waals surface area (Å²) in [6.45, 7) is 4.47. The number of anilines is 1. The van der Waals surface area contributed by atoms with Crippen molar-refractivity contribution in [2.24, 2.45) is 5.73 Å². The number of nitrogens with two attached hydrogens (primary N) is 1. The van der Waals surface area contributed by atoms with Crippen LogP contribution in [0.25, 0.3) is 0 Å². The first-order valence-corrected chi connectivity index (χ1v) is 6.48. The van der Waals surface area contributed by atoms with E-state index < -0.39 is 0 Å². The summed E-state index contributed by atoms with van der Waals surface area (Å²) in [7, 11) is 0. The van der Waals surface area contributed by atoms with E-state index in [1.807, 2.05) is 31.5 Å². The average molecular weight is 258 g/mol. The molecule has 2 heterocycles. The molecule has 1 aliphatic heterocycles. The summed E-state index contributed by atoms with van der Waals surface area (Å²) in [4.78, 5) is 6.55. The van der Waals surface area contributed by atoms with Gasteiger partial charge in [-0.05, 0) is 13.0 Å². The highest BCUT2D eigenvalue weighted by Crippen LogP contribution is 2.29. The molecule has 0 spiro atoms. The van der Waals surface area contributed by atoms with Crippen LogP contribution in [0, 0.1) is 0 Å². The van der Waals surface area contributed by atoms with Crippen LogP contribution in [0.15, 0.2) is 30.6 Å². The minimum absolute atomic E-state index is 0.158. The third-order valence-corrected chi connectivity index (χ3v) is 3.61. The molecule has 3 N–H and O–H groups in total. The number of imidazole rings is 1. The average Bonchev–Trinajstić information content (AvgIpc) is 2.85. The molecular weight excluding hydrogens is 240 g/mol. The van der Waals surface area contributed by atoms with Gasteiger partial charge in [0.25, 0.3) is 0 Å². The molecule has 100 valence electrons. The second kappa shape index (κ2) is 4.59. The summed E-state index contributed by atoms with van der Waals surface area (Å²) in [6, 6.07) is 5.54. The Morgan fingerprint density at radius 1 is 1.37 bits per heavy atom. The molecule has 1 aromatic carbocycles. The summed E-state index contributed by atoms with van der Waals surface area (Å²) in [5.41, 5.74) is 7.60. The minimum atomic E-state index is -0.158. The lowest BCUT2D eigenvalue weighted by Crippen LogP contribution is -2.33. The molecular formula is C14H18N4O. The van der Waals surface area contributed by atoms with E-state index in [4.69, 9.17) is 5.73 Å². The van der Waals surface area contributed by atoms with Gasteiger partial charge >= 0.3 is 0 Å². The predicted octanol–water partition coefficient (Wildman–Crippen LogP) is 1.63. The van der Waals surface area contributed by atoms with Crippen LogP contribution in [0.3, 0.4) is 0 Å². The quantitative estimate of drug-likeness (QED) is 0.859. The highest BCUT2D eigenvalue weighted by Gasteiger charge is 2.18. The van der Waals surface area contributed by atoms with E-state index in [-0.39, 0.29) is 11.8 Å². The molecule has 1 aliphatic rings. The van der Waals surface area contributed by atoms with Gasteiger partial charge in [0.05, 0.1) is 6.54 Å². The second-order valence-corrected chi connectivity index (χ2v) is 4.99. The maximum Gasteiger partial charge on any atom is 0.128 e. The molecule has 3 rings (SSSR count). The smallest absolute Gasteiger partial charge is 0.128 e. The number of fused-ring (bicyclic) bond motifs is 1. The molecule has 0 fully saturated rings. The fraction of sp³-hybridized carbons (Fsp3) is 0.357. The molecule has 5 heteroatoms. The zero-order valence-corrected chi connectivity index (χ0v) is 11.0. The number of nitrogens with zero attached hydrogens (tertiary/aromatic N) is 3. The Labute approximate surface area is 112 Å². The maximum atomic E-state index is 10.0. The van der Waals surface area contributed by atoms with Crippen molar-refractivity contribution in [2.75, 3.05) is 11.4 Å². The van der Waals surface area contributed by atoms with Gasteiger partial charge in [0, 0.05) is 48.8 Å². The van der Waals surface area contributed by atoms with Gasteiger partial charge in [-0.15, -0.1) is 0 Å². The second-order valence-electron chi connectivity index (χ2n) is 4.99. The van der Waals surface area contributed by atoms with Crippen molar-refractivity contribution < 1.29 is 5.11 Å². The SMILES string of the molecule is CC(N)c1ccc(N2CCn3ccnc3C2)cc1O. The lowest BCUT2D eigenvalue weighted by Gasteiger charge is -2.30. The number of aromatic nitrogens is 2. The predicted molar refractivity (Wildman–Crippen MR) is 74.0 cm³/mol.